The number of carbonyl (C=O) groups excluding carboxylic acids is 1. The summed E-state index contributed by atoms with van der Waals surface area (Å²) in [5, 5.41) is 9.82. The molecule has 4 rings (SSSR count). The minimum atomic E-state index is -0.550. The molecule has 142 valence electrons. The van der Waals surface area contributed by atoms with Crippen molar-refractivity contribution in [3.8, 4) is 11.1 Å². The topological polar surface area (TPSA) is 49.8 Å². The fraction of sp³-hybridized carbons (Fsp3) is 0.435. The molecule has 2 aromatic carbocycles. The number of hydrogen-bond donors (Lipinski definition) is 1. The van der Waals surface area contributed by atoms with Crippen molar-refractivity contribution in [2.45, 2.75) is 50.7 Å². The highest BCUT2D eigenvalue weighted by molar-refractivity contribution is 5.79. The van der Waals surface area contributed by atoms with Crippen LogP contribution in [0.2, 0.25) is 0 Å². The van der Waals surface area contributed by atoms with E-state index in [2.05, 4.69) is 36.4 Å². The third-order valence-electron chi connectivity index (χ3n) is 5.80. The van der Waals surface area contributed by atoms with Gasteiger partial charge in [-0.1, -0.05) is 61.4 Å². The Morgan fingerprint density at radius 3 is 2.19 bits per heavy atom. The highest BCUT2D eigenvalue weighted by atomic mass is 16.6. The van der Waals surface area contributed by atoms with Gasteiger partial charge in [-0.25, -0.2) is 4.79 Å². The molecule has 1 amide bonds. The first kappa shape index (κ1) is 18.1. The van der Waals surface area contributed by atoms with E-state index >= 15 is 0 Å². The standard InChI is InChI=1S/C23H27NO3/c1-16(25)14-24(17-8-2-3-9-17)23(26)27-15-22-20-12-6-4-10-18(20)19-11-5-7-13-21(19)22/h4-7,10-13,16-17,22,25H,2-3,8-9,14-15H2,1H3. The van der Waals surface area contributed by atoms with Crippen LogP contribution in [0.15, 0.2) is 48.5 Å². The third kappa shape index (κ3) is 3.59. The van der Waals surface area contributed by atoms with Crippen molar-refractivity contribution >= 4 is 6.09 Å². The van der Waals surface area contributed by atoms with Crippen molar-refractivity contribution in [3.63, 3.8) is 0 Å². The van der Waals surface area contributed by atoms with E-state index in [4.69, 9.17) is 4.74 Å². The Balaban J connectivity index is 1.51. The summed E-state index contributed by atoms with van der Waals surface area (Å²) in [6, 6.07) is 16.9. The Hall–Kier alpha value is -2.33. The summed E-state index contributed by atoms with van der Waals surface area (Å²) in [6.07, 6.45) is 3.42. The fourth-order valence-electron chi connectivity index (χ4n) is 4.55. The molecule has 0 aromatic heterocycles. The number of fused-ring (bicyclic) bond motifs is 3. The van der Waals surface area contributed by atoms with E-state index in [-0.39, 0.29) is 18.1 Å². The second-order valence-corrected chi connectivity index (χ2v) is 7.74. The van der Waals surface area contributed by atoms with Gasteiger partial charge in [0.2, 0.25) is 0 Å². The molecule has 1 N–H and O–H groups in total. The lowest BCUT2D eigenvalue weighted by atomic mass is 9.98. The van der Waals surface area contributed by atoms with Gasteiger partial charge in [-0.15, -0.1) is 0 Å². The molecular weight excluding hydrogens is 338 g/mol. The van der Waals surface area contributed by atoms with Crippen LogP contribution in [0.1, 0.15) is 49.7 Å². The van der Waals surface area contributed by atoms with Gasteiger partial charge in [0.1, 0.15) is 6.61 Å². The number of hydrogen-bond acceptors (Lipinski definition) is 3. The SMILES string of the molecule is CC(O)CN(C(=O)OCC1c2ccccc2-c2ccccc21)C1CCCC1. The molecule has 0 heterocycles. The maximum absolute atomic E-state index is 12.8. The zero-order valence-electron chi connectivity index (χ0n) is 15.8. The lowest BCUT2D eigenvalue weighted by Gasteiger charge is -2.29. The normalized spacial score (nSPS) is 17.4. The zero-order chi connectivity index (χ0) is 18.8. The maximum Gasteiger partial charge on any atom is 0.410 e. The van der Waals surface area contributed by atoms with E-state index in [1.54, 1.807) is 11.8 Å². The van der Waals surface area contributed by atoms with E-state index < -0.39 is 6.10 Å². The van der Waals surface area contributed by atoms with Gasteiger partial charge in [0.05, 0.1) is 6.10 Å². The minimum absolute atomic E-state index is 0.0679. The molecule has 2 aromatic rings. The van der Waals surface area contributed by atoms with Crippen molar-refractivity contribution in [2.24, 2.45) is 0 Å². The molecule has 0 saturated heterocycles. The number of carbonyl (C=O) groups is 1. The van der Waals surface area contributed by atoms with Gasteiger partial charge in [-0.3, -0.25) is 0 Å². The fourth-order valence-corrected chi connectivity index (χ4v) is 4.55. The van der Waals surface area contributed by atoms with Gasteiger partial charge in [-0.2, -0.15) is 0 Å². The van der Waals surface area contributed by atoms with Gasteiger partial charge in [0.25, 0.3) is 0 Å². The smallest absolute Gasteiger partial charge is 0.410 e. The van der Waals surface area contributed by atoms with Crippen LogP contribution in [-0.4, -0.2) is 41.4 Å². The molecule has 2 aliphatic carbocycles. The van der Waals surface area contributed by atoms with Crippen molar-refractivity contribution in [3.05, 3.63) is 59.7 Å². The summed E-state index contributed by atoms with van der Waals surface area (Å²) in [7, 11) is 0. The average molecular weight is 365 g/mol. The molecule has 2 aliphatic rings. The Morgan fingerprint density at radius 2 is 1.63 bits per heavy atom. The van der Waals surface area contributed by atoms with Crippen molar-refractivity contribution in [2.75, 3.05) is 13.2 Å². The molecule has 0 bridgehead atoms. The number of aliphatic hydroxyl groups excluding tert-OH is 1. The summed E-state index contributed by atoms with van der Waals surface area (Å²) in [5.74, 6) is 0.0679. The number of rotatable bonds is 5. The Kier molecular flexibility index (Phi) is 5.17. The van der Waals surface area contributed by atoms with Crippen molar-refractivity contribution < 1.29 is 14.6 Å². The number of aliphatic hydroxyl groups is 1. The van der Waals surface area contributed by atoms with Crippen molar-refractivity contribution in [1.29, 1.82) is 0 Å². The lowest BCUT2D eigenvalue weighted by molar-refractivity contribution is 0.0592. The molecule has 1 atom stereocenters. The molecule has 0 radical (unpaired) electrons. The second-order valence-electron chi connectivity index (χ2n) is 7.74. The number of benzene rings is 2. The molecule has 1 fully saturated rings. The number of amides is 1. The summed E-state index contributed by atoms with van der Waals surface area (Å²) in [6.45, 7) is 2.38. The van der Waals surface area contributed by atoms with E-state index in [0.717, 1.165) is 25.7 Å². The van der Waals surface area contributed by atoms with Gasteiger partial charge in [-0.05, 0) is 42.0 Å². The second kappa shape index (κ2) is 7.73. The van der Waals surface area contributed by atoms with Crippen LogP contribution in [0, 0.1) is 0 Å². The van der Waals surface area contributed by atoms with E-state index in [1.807, 2.05) is 12.1 Å². The van der Waals surface area contributed by atoms with Crippen LogP contribution in [-0.2, 0) is 4.74 Å². The highest BCUT2D eigenvalue weighted by Gasteiger charge is 2.32. The predicted octanol–water partition coefficient (Wildman–Crippen LogP) is 4.56. The number of nitrogens with zero attached hydrogens (tertiary/aromatic N) is 1. The number of ether oxygens (including phenoxy) is 1. The summed E-state index contributed by atoms with van der Waals surface area (Å²) >= 11 is 0. The quantitative estimate of drug-likeness (QED) is 0.845. The predicted molar refractivity (Wildman–Crippen MR) is 106 cm³/mol. The third-order valence-corrected chi connectivity index (χ3v) is 5.80. The molecule has 4 heteroatoms. The lowest BCUT2D eigenvalue weighted by Crippen LogP contribution is -2.43. The largest absolute Gasteiger partial charge is 0.448 e. The molecule has 4 nitrogen and oxygen atoms in total. The Bertz CT molecular complexity index is 765. The average Bonchev–Trinajstić information content (AvgIpc) is 3.31. The first-order chi connectivity index (χ1) is 13.1. The maximum atomic E-state index is 12.8. The van der Waals surface area contributed by atoms with Crippen LogP contribution >= 0.6 is 0 Å². The summed E-state index contributed by atoms with van der Waals surface area (Å²) < 4.78 is 5.79. The van der Waals surface area contributed by atoms with Crippen LogP contribution in [0.5, 0.6) is 0 Å². The van der Waals surface area contributed by atoms with Crippen LogP contribution in [0.4, 0.5) is 4.79 Å². The Morgan fingerprint density at radius 1 is 1.07 bits per heavy atom. The van der Waals surface area contributed by atoms with Gasteiger partial charge < -0.3 is 14.7 Å². The monoisotopic (exact) mass is 365 g/mol. The van der Waals surface area contributed by atoms with Gasteiger partial charge in [0.15, 0.2) is 0 Å². The van der Waals surface area contributed by atoms with E-state index in [1.165, 1.54) is 22.3 Å². The van der Waals surface area contributed by atoms with Crippen LogP contribution in [0.3, 0.4) is 0 Å². The first-order valence-corrected chi connectivity index (χ1v) is 9.95. The first-order valence-electron chi connectivity index (χ1n) is 9.95. The zero-order valence-corrected chi connectivity index (χ0v) is 15.8. The van der Waals surface area contributed by atoms with Crippen LogP contribution in [0.25, 0.3) is 11.1 Å². The summed E-state index contributed by atoms with van der Waals surface area (Å²) in [5.41, 5.74) is 4.89. The molecule has 0 spiro atoms. The molecule has 0 aliphatic heterocycles. The van der Waals surface area contributed by atoms with E-state index in [9.17, 15) is 9.90 Å². The van der Waals surface area contributed by atoms with Gasteiger partial charge in [0, 0.05) is 18.5 Å². The molecule has 1 saturated carbocycles. The molecular formula is C23H27NO3. The minimum Gasteiger partial charge on any atom is -0.448 e. The molecule has 1 unspecified atom stereocenters. The Labute approximate surface area is 160 Å². The van der Waals surface area contributed by atoms with Crippen molar-refractivity contribution in [1.82, 2.24) is 4.90 Å². The molecule has 27 heavy (non-hydrogen) atoms. The highest BCUT2D eigenvalue weighted by Crippen LogP contribution is 2.44. The summed E-state index contributed by atoms with van der Waals surface area (Å²) in [4.78, 5) is 14.6. The van der Waals surface area contributed by atoms with E-state index in [0.29, 0.717) is 13.2 Å². The van der Waals surface area contributed by atoms with Crippen LogP contribution < -0.4 is 0 Å². The van der Waals surface area contributed by atoms with Gasteiger partial charge >= 0.3 is 6.09 Å².